The van der Waals surface area contributed by atoms with E-state index in [2.05, 4.69) is 24.3 Å². The number of rotatable bonds is 3. The molecule has 2 nitrogen and oxygen atoms in total. The second kappa shape index (κ2) is 4.44. The number of hydrogen-bond acceptors (Lipinski definition) is 2. The highest BCUT2D eigenvalue weighted by molar-refractivity contribution is 5.66. The van der Waals surface area contributed by atoms with Crippen LogP contribution in [0.15, 0.2) is 48.5 Å². The third kappa shape index (κ3) is 2.08. The number of nitriles is 1. The molecule has 0 saturated heterocycles. The summed E-state index contributed by atoms with van der Waals surface area (Å²) in [5.74, 6) is 0.857. The predicted molar refractivity (Wildman–Crippen MR) is 75.0 cm³/mol. The number of benzene rings is 2. The summed E-state index contributed by atoms with van der Waals surface area (Å²) in [5.41, 5.74) is 3.23. The molecule has 1 fully saturated rings. The number of ether oxygens (including phenoxy) is 1. The van der Waals surface area contributed by atoms with Gasteiger partial charge in [-0.25, -0.2) is 0 Å². The number of hydrogen-bond donors (Lipinski definition) is 0. The van der Waals surface area contributed by atoms with Crippen LogP contribution in [0.2, 0.25) is 0 Å². The molecule has 0 atom stereocenters. The molecule has 0 heterocycles. The molecular formula is C17H15NO. The van der Waals surface area contributed by atoms with Gasteiger partial charge >= 0.3 is 0 Å². The van der Waals surface area contributed by atoms with Crippen LogP contribution in [0, 0.1) is 11.3 Å². The van der Waals surface area contributed by atoms with Crippen LogP contribution in [0.4, 0.5) is 0 Å². The van der Waals surface area contributed by atoms with E-state index >= 15 is 0 Å². The molecule has 0 radical (unpaired) electrons. The van der Waals surface area contributed by atoms with Crippen molar-refractivity contribution in [2.24, 2.45) is 0 Å². The zero-order valence-corrected chi connectivity index (χ0v) is 10.9. The minimum Gasteiger partial charge on any atom is -0.497 e. The van der Waals surface area contributed by atoms with Gasteiger partial charge in [-0.3, -0.25) is 0 Å². The Hall–Kier alpha value is -2.27. The van der Waals surface area contributed by atoms with Crippen molar-refractivity contribution in [3.63, 3.8) is 0 Å². The summed E-state index contributed by atoms with van der Waals surface area (Å²) in [7, 11) is 1.67. The summed E-state index contributed by atoms with van der Waals surface area (Å²) in [5, 5.41) is 9.27. The van der Waals surface area contributed by atoms with E-state index in [1.807, 2.05) is 30.3 Å². The fraction of sp³-hybridized carbons (Fsp3) is 0.235. The minimum atomic E-state index is -0.220. The zero-order valence-electron chi connectivity index (χ0n) is 10.9. The molecule has 94 valence electrons. The van der Waals surface area contributed by atoms with Crippen molar-refractivity contribution in [2.45, 2.75) is 18.3 Å². The zero-order chi connectivity index (χ0) is 13.3. The van der Waals surface area contributed by atoms with Crippen LogP contribution in [0.25, 0.3) is 11.1 Å². The molecule has 0 bridgehead atoms. The van der Waals surface area contributed by atoms with Crippen LogP contribution in [0.3, 0.4) is 0 Å². The Bertz CT molecular complexity index is 633. The van der Waals surface area contributed by atoms with E-state index < -0.39 is 0 Å². The standard InChI is InChI=1S/C17H15NO/c1-19-16-7-5-13(6-8-16)14-3-2-4-15(11-14)17(12-18)9-10-17/h2-8,11H,9-10H2,1H3. The molecular weight excluding hydrogens is 234 g/mol. The Balaban J connectivity index is 1.97. The maximum Gasteiger partial charge on any atom is 0.118 e. The highest BCUT2D eigenvalue weighted by atomic mass is 16.5. The molecule has 2 aromatic rings. The molecule has 0 N–H and O–H groups in total. The van der Waals surface area contributed by atoms with Crippen molar-refractivity contribution in [3.8, 4) is 22.9 Å². The first-order valence-corrected chi connectivity index (χ1v) is 6.44. The van der Waals surface area contributed by atoms with Crippen LogP contribution in [0.5, 0.6) is 5.75 Å². The highest BCUT2D eigenvalue weighted by Gasteiger charge is 2.44. The van der Waals surface area contributed by atoms with E-state index in [0.717, 1.165) is 35.3 Å². The Labute approximate surface area is 113 Å². The van der Waals surface area contributed by atoms with Gasteiger partial charge in [0.15, 0.2) is 0 Å². The molecule has 0 unspecified atom stereocenters. The highest BCUT2D eigenvalue weighted by Crippen LogP contribution is 2.48. The maximum absolute atomic E-state index is 9.27. The van der Waals surface area contributed by atoms with Crippen molar-refractivity contribution in [3.05, 3.63) is 54.1 Å². The van der Waals surface area contributed by atoms with Gasteiger partial charge in [0.1, 0.15) is 5.75 Å². The minimum absolute atomic E-state index is 0.220. The van der Waals surface area contributed by atoms with Gasteiger partial charge in [-0.2, -0.15) is 5.26 Å². The molecule has 2 aromatic carbocycles. The molecule has 1 aliphatic rings. The van der Waals surface area contributed by atoms with Crippen molar-refractivity contribution in [1.82, 2.24) is 0 Å². The second-order valence-electron chi connectivity index (χ2n) is 5.00. The van der Waals surface area contributed by atoms with Gasteiger partial charge < -0.3 is 4.74 Å². The molecule has 19 heavy (non-hydrogen) atoms. The molecule has 0 aromatic heterocycles. The van der Waals surface area contributed by atoms with Crippen molar-refractivity contribution in [2.75, 3.05) is 7.11 Å². The second-order valence-corrected chi connectivity index (χ2v) is 5.00. The van der Waals surface area contributed by atoms with Gasteiger partial charge in [-0.1, -0.05) is 30.3 Å². The topological polar surface area (TPSA) is 33.0 Å². The Morgan fingerprint density at radius 2 is 1.79 bits per heavy atom. The van der Waals surface area contributed by atoms with Crippen LogP contribution in [-0.2, 0) is 5.41 Å². The van der Waals surface area contributed by atoms with Gasteiger partial charge in [-0.15, -0.1) is 0 Å². The summed E-state index contributed by atoms with van der Waals surface area (Å²) in [6.45, 7) is 0. The smallest absolute Gasteiger partial charge is 0.118 e. The average molecular weight is 249 g/mol. The lowest BCUT2D eigenvalue weighted by molar-refractivity contribution is 0.415. The van der Waals surface area contributed by atoms with Gasteiger partial charge in [0.05, 0.1) is 18.6 Å². The Morgan fingerprint density at radius 3 is 2.37 bits per heavy atom. The fourth-order valence-electron chi connectivity index (χ4n) is 2.37. The summed E-state index contributed by atoms with van der Waals surface area (Å²) in [4.78, 5) is 0. The monoisotopic (exact) mass is 249 g/mol. The van der Waals surface area contributed by atoms with Crippen molar-refractivity contribution >= 4 is 0 Å². The average Bonchev–Trinajstić information content (AvgIpc) is 3.29. The molecule has 0 spiro atoms. The van der Waals surface area contributed by atoms with E-state index in [9.17, 15) is 5.26 Å². The third-order valence-corrected chi connectivity index (χ3v) is 3.80. The Kier molecular flexibility index (Phi) is 2.76. The van der Waals surface area contributed by atoms with Gasteiger partial charge in [0.2, 0.25) is 0 Å². The lowest BCUT2D eigenvalue weighted by atomic mass is 9.94. The normalized spacial score (nSPS) is 15.6. The Morgan fingerprint density at radius 1 is 1.05 bits per heavy atom. The van der Waals surface area contributed by atoms with Gasteiger partial charge in [0.25, 0.3) is 0 Å². The first-order valence-electron chi connectivity index (χ1n) is 6.44. The lowest BCUT2D eigenvalue weighted by Crippen LogP contribution is -2.02. The van der Waals surface area contributed by atoms with Crippen LogP contribution < -0.4 is 4.74 Å². The van der Waals surface area contributed by atoms with E-state index in [1.165, 1.54) is 0 Å². The van der Waals surface area contributed by atoms with E-state index in [4.69, 9.17) is 4.74 Å². The van der Waals surface area contributed by atoms with Crippen molar-refractivity contribution < 1.29 is 4.74 Å². The third-order valence-electron chi connectivity index (χ3n) is 3.80. The first kappa shape index (κ1) is 11.8. The van der Waals surface area contributed by atoms with E-state index in [1.54, 1.807) is 7.11 Å². The summed E-state index contributed by atoms with van der Waals surface area (Å²) < 4.78 is 5.17. The van der Waals surface area contributed by atoms with Crippen LogP contribution in [-0.4, -0.2) is 7.11 Å². The summed E-state index contributed by atoms with van der Waals surface area (Å²) in [6, 6.07) is 18.8. The molecule has 3 rings (SSSR count). The van der Waals surface area contributed by atoms with E-state index in [-0.39, 0.29) is 5.41 Å². The first-order chi connectivity index (χ1) is 9.27. The number of nitrogens with zero attached hydrogens (tertiary/aromatic N) is 1. The van der Waals surface area contributed by atoms with Crippen LogP contribution in [0.1, 0.15) is 18.4 Å². The molecule has 2 heteroatoms. The summed E-state index contributed by atoms with van der Waals surface area (Å²) >= 11 is 0. The SMILES string of the molecule is COc1ccc(-c2cccc(C3(C#N)CC3)c2)cc1. The lowest BCUT2D eigenvalue weighted by Gasteiger charge is -2.09. The molecule has 1 aliphatic carbocycles. The quantitative estimate of drug-likeness (QED) is 0.826. The number of methoxy groups -OCH3 is 1. The molecule has 1 saturated carbocycles. The molecule has 0 amide bonds. The van der Waals surface area contributed by atoms with Gasteiger partial charge in [-0.05, 0) is 47.7 Å². The predicted octanol–water partition coefficient (Wildman–Crippen LogP) is 3.92. The fourth-order valence-corrected chi connectivity index (χ4v) is 2.37. The van der Waals surface area contributed by atoms with Gasteiger partial charge in [0, 0.05) is 0 Å². The maximum atomic E-state index is 9.27. The molecule has 0 aliphatic heterocycles. The van der Waals surface area contributed by atoms with Crippen LogP contribution >= 0.6 is 0 Å². The summed E-state index contributed by atoms with van der Waals surface area (Å²) in [6.07, 6.45) is 1.96. The largest absolute Gasteiger partial charge is 0.497 e. The van der Waals surface area contributed by atoms with E-state index in [0.29, 0.717) is 0 Å². The van der Waals surface area contributed by atoms with Crippen molar-refractivity contribution in [1.29, 1.82) is 5.26 Å².